The van der Waals surface area contributed by atoms with Gasteiger partial charge in [-0.2, -0.15) is 0 Å². The minimum Gasteiger partial charge on any atom is -0.388 e. The maximum Gasteiger partial charge on any atom is 0.168 e. The van der Waals surface area contributed by atoms with Crippen LogP contribution in [0, 0.1) is 0 Å². The summed E-state index contributed by atoms with van der Waals surface area (Å²) >= 11 is 6.14. The van der Waals surface area contributed by atoms with E-state index in [9.17, 15) is 5.11 Å². The Kier molecular flexibility index (Phi) is 1.89. The van der Waals surface area contributed by atoms with Crippen LogP contribution in [-0.4, -0.2) is 47.3 Å². The van der Waals surface area contributed by atoms with Gasteiger partial charge in [-0.1, -0.05) is 0 Å². The first kappa shape index (κ1) is 9.36. The van der Waals surface area contributed by atoms with E-state index in [1.54, 1.807) is 0 Å². The fourth-order valence-corrected chi connectivity index (χ4v) is 2.81. The van der Waals surface area contributed by atoms with Crippen molar-refractivity contribution in [3.8, 4) is 0 Å². The zero-order chi connectivity index (χ0) is 9.92. The molecule has 0 aromatic heterocycles. The van der Waals surface area contributed by atoms with Gasteiger partial charge >= 0.3 is 0 Å². The zero-order valence-electron chi connectivity index (χ0n) is 7.85. The van der Waals surface area contributed by atoms with Crippen LogP contribution in [-0.2, 0) is 14.2 Å². The molecule has 4 heterocycles. The van der Waals surface area contributed by atoms with Gasteiger partial charge in [0, 0.05) is 6.42 Å². The van der Waals surface area contributed by atoms with Crippen molar-refractivity contribution in [2.75, 3.05) is 6.61 Å². The predicted molar refractivity (Wildman–Crippen MR) is 48.2 cm³/mol. The van der Waals surface area contributed by atoms with E-state index in [0.717, 1.165) is 0 Å². The highest BCUT2D eigenvalue weighted by Crippen LogP contribution is 2.43. The highest BCUT2D eigenvalue weighted by molar-refractivity contribution is 6.21. The second-order valence-corrected chi connectivity index (χ2v) is 4.88. The van der Waals surface area contributed by atoms with E-state index < -0.39 is 11.9 Å². The Labute approximate surface area is 87.1 Å². The molecule has 0 unspecified atom stereocenters. The van der Waals surface area contributed by atoms with E-state index in [2.05, 4.69) is 0 Å². The number of fused-ring (bicyclic) bond motifs is 1. The molecule has 0 aromatic carbocycles. The van der Waals surface area contributed by atoms with Crippen molar-refractivity contribution in [1.29, 1.82) is 0 Å². The van der Waals surface area contributed by atoms with Gasteiger partial charge in [-0.05, 0) is 6.92 Å². The van der Waals surface area contributed by atoms with Gasteiger partial charge in [0.15, 0.2) is 5.79 Å². The van der Waals surface area contributed by atoms with Crippen molar-refractivity contribution in [1.82, 2.24) is 0 Å². The van der Waals surface area contributed by atoms with Crippen LogP contribution in [0.3, 0.4) is 0 Å². The topological polar surface area (TPSA) is 47.9 Å². The number of rotatable bonds is 0. The fourth-order valence-electron chi connectivity index (χ4n) is 2.48. The Morgan fingerprint density at radius 1 is 1.43 bits per heavy atom. The van der Waals surface area contributed by atoms with Crippen LogP contribution in [0.2, 0.25) is 0 Å². The standard InChI is InChI=1S/C9H13ClO4/c1-9-2-4-7(11)8(14-9)6(10)5(13-4)3-12-9/h4-8,11H,2-3H2,1H3/t4-,5+,6-,7-,8+,9-/m0/s1. The van der Waals surface area contributed by atoms with Crippen molar-refractivity contribution in [3.63, 3.8) is 0 Å². The molecule has 4 nitrogen and oxygen atoms in total. The number of halogens is 1. The summed E-state index contributed by atoms with van der Waals surface area (Å²) in [5.74, 6) is -0.632. The third-order valence-electron chi connectivity index (χ3n) is 3.25. The molecule has 4 aliphatic heterocycles. The molecule has 4 fully saturated rings. The van der Waals surface area contributed by atoms with E-state index in [1.165, 1.54) is 0 Å². The molecule has 4 saturated heterocycles. The third kappa shape index (κ3) is 1.15. The molecule has 0 aromatic rings. The first-order valence-corrected chi connectivity index (χ1v) is 5.32. The van der Waals surface area contributed by atoms with E-state index in [0.29, 0.717) is 13.0 Å². The quantitative estimate of drug-likeness (QED) is 0.595. The molecule has 4 rings (SSSR count). The second kappa shape index (κ2) is 2.83. The Balaban J connectivity index is 1.99. The average Bonchev–Trinajstić information content (AvgIpc) is 2.33. The molecular weight excluding hydrogens is 208 g/mol. The lowest BCUT2D eigenvalue weighted by atomic mass is 9.91. The Hall–Kier alpha value is 0.130. The van der Waals surface area contributed by atoms with Gasteiger partial charge in [-0.15, -0.1) is 11.6 Å². The zero-order valence-corrected chi connectivity index (χ0v) is 8.61. The Bertz CT molecular complexity index is 261. The monoisotopic (exact) mass is 220 g/mol. The summed E-state index contributed by atoms with van der Waals surface area (Å²) in [6, 6.07) is 0. The number of hydrogen-bond donors (Lipinski definition) is 1. The fraction of sp³-hybridized carbons (Fsp3) is 1.00. The Morgan fingerprint density at radius 2 is 2.21 bits per heavy atom. The summed E-state index contributed by atoms with van der Waals surface area (Å²) < 4.78 is 16.9. The summed E-state index contributed by atoms with van der Waals surface area (Å²) in [7, 11) is 0. The van der Waals surface area contributed by atoms with Crippen LogP contribution in [0.1, 0.15) is 13.3 Å². The molecule has 0 saturated carbocycles. The largest absolute Gasteiger partial charge is 0.388 e. The predicted octanol–water partition coefficient (Wildman–Crippen LogP) is 0.257. The summed E-state index contributed by atoms with van der Waals surface area (Å²) in [6.45, 7) is 2.32. The number of hydrogen-bond acceptors (Lipinski definition) is 4. The number of aliphatic hydroxyl groups is 1. The third-order valence-corrected chi connectivity index (χ3v) is 3.78. The molecule has 4 bridgehead atoms. The average molecular weight is 221 g/mol. The lowest BCUT2D eigenvalue weighted by molar-refractivity contribution is -0.299. The molecule has 6 atom stereocenters. The minimum absolute atomic E-state index is 0.153. The van der Waals surface area contributed by atoms with Crippen molar-refractivity contribution in [2.24, 2.45) is 0 Å². The van der Waals surface area contributed by atoms with Gasteiger partial charge in [-0.25, -0.2) is 0 Å². The first-order valence-electron chi connectivity index (χ1n) is 4.88. The van der Waals surface area contributed by atoms with Crippen LogP contribution in [0.4, 0.5) is 0 Å². The number of aliphatic hydroxyl groups excluding tert-OH is 1. The van der Waals surface area contributed by atoms with E-state index >= 15 is 0 Å². The van der Waals surface area contributed by atoms with Gasteiger partial charge in [0.05, 0.1) is 18.1 Å². The summed E-state index contributed by atoms with van der Waals surface area (Å²) in [5.41, 5.74) is 0. The highest BCUT2D eigenvalue weighted by Gasteiger charge is 2.57. The maximum atomic E-state index is 9.85. The smallest absolute Gasteiger partial charge is 0.168 e. The molecule has 0 spiro atoms. The molecule has 14 heavy (non-hydrogen) atoms. The number of alkyl halides is 1. The number of ether oxygens (including phenoxy) is 3. The molecule has 4 aliphatic rings. The molecule has 5 heteroatoms. The van der Waals surface area contributed by atoms with E-state index in [4.69, 9.17) is 25.8 Å². The van der Waals surface area contributed by atoms with Crippen molar-refractivity contribution in [2.45, 2.75) is 48.9 Å². The summed E-state index contributed by atoms with van der Waals surface area (Å²) in [6.07, 6.45) is -0.754. The molecule has 0 aliphatic carbocycles. The second-order valence-electron chi connectivity index (χ2n) is 4.38. The van der Waals surface area contributed by atoms with Crippen LogP contribution < -0.4 is 0 Å². The van der Waals surface area contributed by atoms with Crippen LogP contribution in [0.15, 0.2) is 0 Å². The van der Waals surface area contributed by atoms with Gasteiger partial charge in [0.1, 0.15) is 18.3 Å². The van der Waals surface area contributed by atoms with Crippen molar-refractivity contribution < 1.29 is 19.3 Å². The van der Waals surface area contributed by atoms with Crippen molar-refractivity contribution >= 4 is 11.6 Å². The molecule has 0 amide bonds. The van der Waals surface area contributed by atoms with E-state index in [-0.39, 0.29) is 23.7 Å². The van der Waals surface area contributed by atoms with Crippen molar-refractivity contribution in [3.05, 3.63) is 0 Å². The maximum absolute atomic E-state index is 9.85. The Morgan fingerprint density at radius 3 is 3.00 bits per heavy atom. The molecular formula is C9H13ClO4. The molecule has 80 valence electrons. The van der Waals surface area contributed by atoms with E-state index in [1.807, 2.05) is 6.92 Å². The first-order chi connectivity index (χ1) is 6.59. The van der Waals surface area contributed by atoms with Crippen LogP contribution in [0.25, 0.3) is 0 Å². The highest BCUT2D eigenvalue weighted by atomic mass is 35.5. The van der Waals surface area contributed by atoms with Gasteiger partial charge in [0.2, 0.25) is 0 Å². The normalized spacial score (nSPS) is 61.5. The summed E-state index contributed by atoms with van der Waals surface area (Å²) in [4.78, 5) is 0. The van der Waals surface area contributed by atoms with Crippen LogP contribution in [0.5, 0.6) is 0 Å². The molecule has 0 radical (unpaired) electrons. The minimum atomic E-state index is -0.632. The van der Waals surface area contributed by atoms with Crippen LogP contribution >= 0.6 is 11.6 Å². The SMILES string of the molecule is C[C@]12C[C@@H]3O[C@H](CO1)[C@H](Cl)[C@@H](O2)[C@H]3O. The molecule has 1 N–H and O–H groups in total. The lowest BCUT2D eigenvalue weighted by Crippen LogP contribution is -2.61. The van der Waals surface area contributed by atoms with Gasteiger partial charge < -0.3 is 19.3 Å². The van der Waals surface area contributed by atoms with Gasteiger partial charge in [0.25, 0.3) is 0 Å². The lowest BCUT2D eigenvalue weighted by Gasteiger charge is -2.47. The van der Waals surface area contributed by atoms with Gasteiger partial charge in [-0.3, -0.25) is 0 Å². The summed E-state index contributed by atoms with van der Waals surface area (Å²) in [5, 5.41) is 9.53.